The first-order valence-electron chi connectivity index (χ1n) is 4.85. The minimum atomic E-state index is 0.0123. The lowest BCUT2D eigenvalue weighted by Crippen LogP contribution is -2.33. The molecular weight excluding hydrogens is 192 g/mol. The van der Waals surface area contributed by atoms with Crippen molar-refractivity contribution in [2.45, 2.75) is 19.9 Å². The van der Waals surface area contributed by atoms with Gasteiger partial charge in [-0.3, -0.25) is 4.79 Å². The predicted octanol–water partition coefficient (Wildman–Crippen LogP) is 1.02. The molecule has 0 aromatic carbocycles. The number of aliphatic hydroxyl groups excluding tert-OH is 1. The molecule has 0 aliphatic carbocycles. The Bertz CT molecular complexity index is 352. The van der Waals surface area contributed by atoms with Crippen LogP contribution in [0.5, 0.6) is 0 Å². The molecule has 1 N–H and O–H groups in total. The Morgan fingerprint density at radius 1 is 1.67 bits per heavy atom. The van der Waals surface area contributed by atoms with Crippen LogP contribution in [-0.2, 0) is 0 Å². The third-order valence-electron chi connectivity index (χ3n) is 2.47. The maximum Gasteiger partial charge on any atom is 0.151 e. The standard InChI is InChI=1S/C11H16N2O2/c1-8-4-10(7-15)5-12-11(8)13(3)9(2)6-14/h4-5,7,9,14H,6H2,1-3H3. The molecule has 0 aliphatic rings. The molecule has 15 heavy (non-hydrogen) atoms. The summed E-state index contributed by atoms with van der Waals surface area (Å²) in [6.07, 6.45) is 2.31. The highest BCUT2D eigenvalue weighted by Gasteiger charge is 2.12. The number of rotatable bonds is 4. The molecule has 1 heterocycles. The normalized spacial score (nSPS) is 12.3. The Hall–Kier alpha value is -1.42. The Morgan fingerprint density at radius 3 is 2.80 bits per heavy atom. The van der Waals surface area contributed by atoms with Crippen molar-refractivity contribution < 1.29 is 9.90 Å². The highest BCUT2D eigenvalue weighted by Crippen LogP contribution is 2.17. The van der Waals surface area contributed by atoms with Gasteiger partial charge in [0.1, 0.15) is 5.82 Å². The fraction of sp³-hybridized carbons (Fsp3) is 0.455. The average molecular weight is 208 g/mol. The van der Waals surface area contributed by atoms with Gasteiger partial charge in [-0.1, -0.05) is 0 Å². The number of nitrogens with zero attached hydrogens (tertiary/aromatic N) is 2. The Kier molecular flexibility index (Phi) is 3.80. The van der Waals surface area contributed by atoms with Crippen molar-refractivity contribution in [3.63, 3.8) is 0 Å². The molecule has 4 heteroatoms. The van der Waals surface area contributed by atoms with Crippen LogP contribution in [0.1, 0.15) is 22.8 Å². The maximum absolute atomic E-state index is 10.5. The van der Waals surface area contributed by atoms with Crippen molar-refractivity contribution in [3.05, 3.63) is 23.4 Å². The molecule has 0 amide bonds. The first-order chi connectivity index (χ1) is 7.10. The van der Waals surface area contributed by atoms with Gasteiger partial charge in [-0.15, -0.1) is 0 Å². The summed E-state index contributed by atoms with van der Waals surface area (Å²) >= 11 is 0. The fourth-order valence-corrected chi connectivity index (χ4v) is 1.35. The summed E-state index contributed by atoms with van der Waals surface area (Å²) in [6.45, 7) is 3.89. The predicted molar refractivity (Wildman–Crippen MR) is 59.3 cm³/mol. The molecule has 4 nitrogen and oxygen atoms in total. The van der Waals surface area contributed by atoms with Gasteiger partial charge >= 0.3 is 0 Å². The Labute approximate surface area is 89.6 Å². The molecule has 1 rings (SSSR count). The zero-order valence-electron chi connectivity index (χ0n) is 9.27. The number of anilines is 1. The van der Waals surface area contributed by atoms with Gasteiger partial charge in [-0.2, -0.15) is 0 Å². The Morgan fingerprint density at radius 2 is 2.33 bits per heavy atom. The van der Waals surface area contributed by atoms with Crippen LogP contribution in [-0.4, -0.2) is 36.1 Å². The van der Waals surface area contributed by atoms with E-state index in [4.69, 9.17) is 5.11 Å². The van der Waals surface area contributed by atoms with Crippen LogP contribution in [0.4, 0.5) is 5.82 Å². The number of aldehydes is 1. The first kappa shape index (κ1) is 11.7. The summed E-state index contributed by atoms with van der Waals surface area (Å²) in [5.41, 5.74) is 1.50. The van der Waals surface area contributed by atoms with Gasteiger partial charge in [0.05, 0.1) is 12.6 Å². The summed E-state index contributed by atoms with van der Waals surface area (Å²) in [4.78, 5) is 16.6. The minimum Gasteiger partial charge on any atom is -0.394 e. The second-order valence-corrected chi connectivity index (χ2v) is 3.67. The smallest absolute Gasteiger partial charge is 0.151 e. The van der Waals surface area contributed by atoms with Gasteiger partial charge in [-0.25, -0.2) is 4.98 Å². The van der Waals surface area contributed by atoms with E-state index >= 15 is 0 Å². The summed E-state index contributed by atoms with van der Waals surface area (Å²) in [5.74, 6) is 0.794. The van der Waals surface area contributed by atoms with E-state index in [0.29, 0.717) is 5.56 Å². The molecule has 1 aromatic heterocycles. The lowest BCUT2D eigenvalue weighted by atomic mass is 10.2. The quantitative estimate of drug-likeness (QED) is 0.750. The number of likely N-dealkylation sites (N-methyl/N-ethyl adjacent to an activating group) is 1. The third-order valence-corrected chi connectivity index (χ3v) is 2.47. The molecule has 82 valence electrons. The van der Waals surface area contributed by atoms with Crippen LogP contribution in [0, 0.1) is 6.92 Å². The van der Waals surface area contributed by atoms with Crippen molar-refractivity contribution in [1.29, 1.82) is 0 Å². The highest BCUT2D eigenvalue weighted by molar-refractivity contribution is 5.75. The molecule has 1 atom stereocenters. The van der Waals surface area contributed by atoms with E-state index in [1.807, 2.05) is 25.8 Å². The van der Waals surface area contributed by atoms with Crippen LogP contribution >= 0.6 is 0 Å². The van der Waals surface area contributed by atoms with Crippen LogP contribution in [0.15, 0.2) is 12.3 Å². The van der Waals surface area contributed by atoms with E-state index in [1.165, 1.54) is 6.20 Å². The third kappa shape index (κ3) is 2.53. The second kappa shape index (κ2) is 4.89. The minimum absolute atomic E-state index is 0.0123. The maximum atomic E-state index is 10.5. The van der Waals surface area contributed by atoms with Gasteiger partial charge in [0.15, 0.2) is 6.29 Å². The topological polar surface area (TPSA) is 53.4 Å². The van der Waals surface area contributed by atoms with E-state index in [1.54, 1.807) is 6.07 Å². The zero-order chi connectivity index (χ0) is 11.4. The van der Waals surface area contributed by atoms with Gasteiger partial charge in [0.2, 0.25) is 0 Å². The largest absolute Gasteiger partial charge is 0.394 e. The molecule has 1 aromatic rings. The van der Waals surface area contributed by atoms with Crippen molar-refractivity contribution in [2.75, 3.05) is 18.6 Å². The molecular formula is C11H16N2O2. The summed E-state index contributed by atoms with van der Waals surface area (Å²) in [6, 6.07) is 1.80. The highest BCUT2D eigenvalue weighted by atomic mass is 16.3. The van der Waals surface area contributed by atoms with Crippen LogP contribution < -0.4 is 4.90 Å². The SMILES string of the molecule is Cc1cc(C=O)cnc1N(C)C(C)CO. The summed E-state index contributed by atoms with van der Waals surface area (Å²) in [7, 11) is 1.87. The molecule has 1 unspecified atom stereocenters. The van der Waals surface area contributed by atoms with Gasteiger partial charge in [0, 0.05) is 18.8 Å². The number of aromatic nitrogens is 1. The van der Waals surface area contributed by atoms with Crippen LogP contribution in [0.3, 0.4) is 0 Å². The molecule has 0 saturated carbocycles. The lowest BCUT2D eigenvalue weighted by molar-refractivity contribution is 0.112. The van der Waals surface area contributed by atoms with Crippen molar-refractivity contribution in [1.82, 2.24) is 4.98 Å². The summed E-state index contributed by atoms with van der Waals surface area (Å²) < 4.78 is 0. The monoisotopic (exact) mass is 208 g/mol. The molecule has 0 fully saturated rings. The molecule has 0 radical (unpaired) electrons. The molecule has 0 bridgehead atoms. The van der Waals surface area contributed by atoms with E-state index < -0.39 is 0 Å². The molecule has 0 spiro atoms. The van der Waals surface area contributed by atoms with E-state index in [0.717, 1.165) is 17.7 Å². The van der Waals surface area contributed by atoms with E-state index in [-0.39, 0.29) is 12.6 Å². The average Bonchev–Trinajstić information content (AvgIpc) is 2.26. The second-order valence-electron chi connectivity index (χ2n) is 3.67. The first-order valence-corrected chi connectivity index (χ1v) is 4.85. The number of aliphatic hydroxyl groups is 1. The number of carbonyl (C=O) groups excluding carboxylic acids is 1. The van der Waals surface area contributed by atoms with Crippen molar-refractivity contribution in [3.8, 4) is 0 Å². The zero-order valence-corrected chi connectivity index (χ0v) is 9.27. The van der Waals surface area contributed by atoms with E-state index in [9.17, 15) is 4.79 Å². The number of hydrogen-bond donors (Lipinski definition) is 1. The van der Waals surface area contributed by atoms with Gasteiger partial charge in [-0.05, 0) is 25.5 Å². The van der Waals surface area contributed by atoms with E-state index in [2.05, 4.69) is 4.98 Å². The summed E-state index contributed by atoms with van der Waals surface area (Å²) in [5, 5.41) is 9.03. The van der Waals surface area contributed by atoms with Crippen LogP contribution in [0.25, 0.3) is 0 Å². The lowest BCUT2D eigenvalue weighted by Gasteiger charge is -2.25. The van der Waals surface area contributed by atoms with Crippen molar-refractivity contribution in [2.24, 2.45) is 0 Å². The number of aryl methyl sites for hydroxylation is 1. The fourth-order valence-electron chi connectivity index (χ4n) is 1.35. The van der Waals surface area contributed by atoms with Crippen LogP contribution in [0.2, 0.25) is 0 Å². The number of hydrogen-bond acceptors (Lipinski definition) is 4. The molecule has 0 aliphatic heterocycles. The number of pyridine rings is 1. The van der Waals surface area contributed by atoms with Gasteiger partial charge < -0.3 is 10.0 Å². The van der Waals surface area contributed by atoms with Gasteiger partial charge in [0.25, 0.3) is 0 Å². The molecule has 0 saturated heterocycles. The number of carbonyl (C=O) groups is 1. The van der Waals surface area contributed by atoms with Crippen molar-refractivity contribution >= 4 is 12.1 Å². The Balaban J connectivity index is 2.99.